The molecule has 2 aliphatic rings. The highest BCUT2D eigenvalue weighted by Crippen LogP contribution is 2.40. The van der Waals surface area contributed by atoms with Gasteiger partial charge in [0.25, 0.3) is 11.7 Å². The molecule has 0 spiro atoms. The van der Waals surface area contributed by atoms with Gasteiger partial charge in [0, 0.05) is 32.4 Å². The molecule has 35 heavy (non-hydrogen) atoms. The molecule has 8 heteroatoms. The Hall–Kier alpha value is -3.49. The van der Waals surface area contributed by atoms with Crippen LogP contribution in [-0.4, -0.2) is 75.4 Å². The van der Waals surface area contributed by atoms with Crippen LogP contribution in [-0.2, 0) is 14.3 Å². The summed E-state index contributed by atoms with van der Waals surface area (Å²) in [5.74, 6) is -1.43. The fourth-order valence-corrected chi connectivity index (χ4v) is 5.02. The van der Waals surface area contributed by atoms with Gasteiger partial charge in [-0.1, -0.05) is 35.9 Å². The SMILES string of the molecule is Cc1ccc([C@H]2/C(=C(\O)c3c(C)nc4ccccn34)C(=O)C(=O)N2CCCN2CCOCC2)cc1. The van der Waals surface area contributed by atoms with Crippen molar-refractivity contribution in [1.29, 1.82) is 0 Å². The topological polar surface area (TPSA) is 87.4 Å². The van der Waals surface area contributed by atoms with Gasteiger partial charge in [-0.25, -0.2) is 4.98 Å². The maximum absolute atomic E-state index is 13.3. The summed E-state index contributed by atoms with van der Waals surface area (Å²) in [6.45, 7) is 8.19. The smallest absolute Gasteiger partial charge is 0.295 e. The van der Waals surface area contributed by atoms with E-state index in [9.17, 15) is 14.7 Å². The highest BCUT2D eigenvalue weighted by Gasteiger charge is 2.46. The first-order valence-electron chi connectivity index (χ1n) is 12.0. The molecule has 0 bridgehead atoms. The molecule has 0 aliphatic carbocycles. The number of ketones is 1. The number of amides is 1. The Balaban J connectivity index is 1.54. The number of fused-ring (bicyclic) bond motifs is 1. The number of hydrogen-bond donors (Lipinski definition) is 1. The highest BCUT2D eigenvalue weighted by atomic mass is 16.5. The molecule has 2 saturated heterocycles. The standard InChI is InChI=1S/C27H30N4O4/c1-18-7-9-20(10-8-18)24-22(25(32)23-19(2)28-21-6-3-4-12-30(21)23)26(33)27(34)31(24)13-5-11-29-14-16-35-17-15-29/h3-4,6-10,12,24,32H,5,11,13-17H2,1-2H3/b25-22+/t24-/m0/s1. The average Bonchev–Trinajstić information content (AvgIpc) is 3.33. The number of morpholine rings is 1. The molecule has 2 fully saturated rings. The number of aliphatic hydroxyl groups excluding tert-OH is 1. The summed E-state index contributed by atoms with van der Waals surface area (Å²) in [6, 6.07) is 12.7. The number of aryl methyl sites for hydroxylation is 2. The average molecular weight is 475 g/mol. The van der Waals surface area contributed by atoms with E-state index in [4.69, 9.17) is 4.74 Å². The molecule has 1 N–H and O–H groups in total. The van der Waals surface area contributed by atoms with E-state index in [1.54, 1.807) is 22.4 Å². The van der Waals surface area contributed by atoms with E-state index in [1.165, 1.54) is 0 Å². The zero-order valence-electron chi connectivity index (χ0n) is 20.1. The molecule has 2 aliphatic heterocycles. The summed E-state index contributed by atoms with van der Waals surface area (Å²) in [4.78, 5) is 35.0. The van der Waals surface area contributed by atoms with Crippen LogP contribution in [0.4, 0.5) is 0 Å². The molecule has 8 nitrogen and oxygen atoms in total. The van der Waals surface area contributed by atoms with Gasteiger partial charge in [0.1, 0.15) is 11.3 Å². The molecule has 0 radical (unpaired) electrons. The molecule has 0 unspecified atom stereocenters. The predicted octanol–water partition coefficient (Wildman–Crippen LogP) is 3.10. The van der Waals surface area contributed by atoms with Gasteiger partial charge >= 0.3 is 0 Å². The fraction of sp³-hybridized carbons (Fsp3) is 0.370. The van der Waals surface area contributed by atoms with E-state index in [0.29, 0.717) is 36.8 Å². The van der Waals surface area contributed by atoms with E-state index in [2.05, 4.69) is 9.88 Å². The fourth-order valence-electron chi connectivity index (χ4n) is 5.02. The van der Waals surface area contributed by atoms with Gasteiger partial charge in [-0.3, -0.25) is 18.9 Å². The predicted molar refractivity (Wildman–Crippen MR) is 132 cm³/mol. The minimum absolute atomic E-state index is 0.110. The molecule has 1 aromatic carbocycles. The lowest BCUT2D eigenvalue weighted by Crippen LogP contribution is -2.38. The first-order chi connectivity index (χ1) is 17.0. The quantitative estimate of drug-likeness (QED) is 0.336. The van der Waals surface area contributed by atoms with Crippen LogP contribution in [0.25, 0.3) is 11.4 Å². The number of ether oxygens (including phenoxy) is 1. The largest absolute Gasteiger partial charge is 0.505 e. The first kappa shape index (κ1) is 23.3. The zero-order chi connectivity index (χ0) is 24.5. The number of hydrogen-bond acceptors (Lipinski definition) is 6. The van der Waals surface area contributed by atoms with Crippen molar-refractivity contribution in [3.05, 3.63) is 76.7 Å². The Labute approximate surface area is 204 Å². The van der Waals surface area contributed by atoms with E-state index >= 15 is 0 Å². The number of nitrogens with zero attached hydrogens (tertiary/aromatic N) is 4. The van der Waals surface area contributed by atoms with Crippen molar-refractivity contribution in [2.24, 2.45) is 0 Å². The van der Waals surface area contributed by atoms with Crippen molar-refractivity contribution in [1.82, 2.24) is 19.2 Å². The number of aromatic nitrogens is 2. The number of rotatable bonds is 6. The third kappa shape index (κ3) is 4.35. The van der Waals surface area contributed by atoms with Gasteiger partial charge < -0.3 is 14.7 Å². The summed E-state index contributed by atoms with van der Waals surface area (Å²) in [7, 11) is 0. The van der Waals surface area contributed by atoms with Crippen molar-refractivity contribution in [2.75, 3.05) is 39.4 Å². The summed E-state index contributed by atoms with van der Waals surface area (Å²) in [5, 5.41) is 11.5. The molecule has 5 rings (SSSR count). The number of pyridine rings is 1. The van der Waals surface area contributed by atoms with Gasteiger partial charge in [-0.2, -0.15) is 0 Å². The summed E-state index contributed by atoms with van der Waals surface area (Å²) >= 11 is 0. The lowest BCUT2D eigenvalue weighted by Gasteiger charge is -2.29. The Morgan fingerprint density at radius 2 is 1.80 bits per heavy atom. The lowest BCUT2D eigenvalue weighted by molar-refractivity contribution is -0.140. The van der Waals surface area contributed by atoms with Crippen LogP contribution in [0.2, 0.25) is 0 Å². The molecular formula is C27H30N4O4. The molecule has 182 valence electrons. The van der Waals surface area contributed by atoms with Gasteiger partial charge in [0.15, 0.2) is 5.76 Å². The Bertz CT molecular complexity index is 1290. The van der Waals surface area contributed by atoms with Crippen LogP contribution in [0.1, 0.15) is 35.0 Å². The minimum atomic E-state index is -0.662. The second-order valence-corrected chi connectivity index (χ2v) is 9.19. The molecule has 0 saturated carbocycles. The molecule has 2 aromatic heterocycles. The Morgan fingerprint density at radius 1 is 1.06 bits per heavy atom. The monoisotopic (exact) mass is 474 g/mol. The maximum Gasteiger partial charge on any atom is 0.295 e. The number of imidazole rings is 1. The third-order valence-corrected chi connectivity index (χ3v) is 6.84. The number of Topliss-reactive ketones (excluding diaryl/α,β-unsaturated/α-hetero) is 1. The summed E-state index contributed by atoms with van der Waals surface area (Å²) in [6.07, 6.45) is 2.52. The van der Waals surface area contributed by atoms with Crippen molar-refractivity contribution < 1.29 is 19.4 Å². The third-order valence-electron chi connectivity index (χ3n) is 6.84. The van der Waals surface area contributed by atoms with Gasteiger partial charge in [0.2, 0.25) is 0 Å². The van der Waals surface area contributed by atoms with Crippen molar-refractivity contribution in [3.63, 3.8) is 0 Å². The zero-order valence-corrected chi connectivity index (χ0v) is 20.1. The minimum Gasteiger partial charge on any atom is -0.505 e. The van der Waals surface area contributed by atoms with E-state index in [1.807, 2.05) is 49.4 Å². The van der Waals surface area contributed by atoms with Crippen LogP contribution in [0.3, 0.4) is 0 Å². The van der Waals surface area contributed by atoms with Crippen LogP contribution in [0.15, 0.2) is 54.2 Å². The molecule has 3 aromatic rings. The van der Waals surface area contributed by atoms with Crippen LogP contribution < -0.4 is 0 Å². The molecule has 1 amide bonds. The number of carbonyl (C=O) groups is 2. The summed E-state index contributed by atoms with van der Waals surface area (Å²) in [5.41, 5.74) is 3.68. The summed E-state index contributed by atoms with van der Waals surface area (Å²) < 4.78 is 7.17. The second kappa shape index (κ2) is 9.64. The second-order valence-electron chi connectivity index (χ2n) is 9.19. The van der Waals surface area contributed by atoms with Crippen molar-refractivity contribution in [2.45, 2.75) is 26.3 Å². The van der Waals surface area contributed by atoms with Crippen LogP contribution in [0, 0.1) is 13.8 Å². The number of benzene rings is 1. The number of carbonyl (C=O) groups excluding carboxylic acids is 2. The lowest BCUT2D eigenvalue weighted by atomic mass is 9.95. The Morgan fingerprint density at radius 3 is 2.54 bits per heavy atom. The Kier molecular flexibility index (Phi) is 6.40. The van der Waals surface area contributed by atoms with E-state index < -0.39 is 17.7 Å². The molecule has 1 atom stereocenters. The molecular weight excluding hydrogens is 444 g/mol. The highest BCUT2D eigenvalue weighted by molar-refractivity contribution is 6.46. The van der Waals surface area contributed by atoms with Gasteiger partial charge in [0.05, 0.1) is 30.5 Å². The van der Waals surface area contributed by atoms with Gasteiger partial charge in [-0.15, -0.1) is 0 Å². The van der Waals surface area contributed by atoms with E-state index in [-0.39, 0.29) is 11.3 Å². The number of likely N-dealkylation sites (tertiary alicyclic amines) is 1. The van der Waals surface area contributed by atoms with Crippen LogP contribution in [0.5, 0.6) is 0 Å². The van der Waals surface area contributed by atoms with Crippen molar-refractivity contribution in [3.8, 4) is 0 Å². The van der Waals surface area contributed by atoms with Crippen LogP contribution >= 0.6 is 0 Å². The molecule has 4 heterocycles. The first-order valence-corrected chi connectivity index (χ1v) is 12.0. The van der Waals surface area contributed by atoms with Crippen molar-refractivity contribution >= 4 is 23.1 Å². The maximum atomic E-state index is 13.3. The van der Waals surface area contributed by atoms with Gasteiger partial charge in [-0.05, 0) is 38.0 Å². The normalized spacial score (nSPS) is 20.7. The number of aliphatic hydroxyl groups is 1. The van der Waals surface area contributed by atoms with E-state index in [0.717, 1.165) is 37.2 Å².